The van der Waals surface area contributed by atoms with E-state index in [1.165, 1.54) is 0 Å². The maximum atomic E-state index is 11.7. The lowest BCUT2D eigenvalue weighted by atomic mass is 10.2. The lowest BCUT2D eigenvalue weighted by molar-refractivity contribution is -0.153. The van der Waals surface area contributed by atoms with Crippen LogP contribution in [0.2, 0.25) is 0 Å². The molecule has 3 heterocycles. The van der Waals surface area contributed by atoms with Gasteiger partial charge in [-0.25, -0.2) is 15.0 Å². The third-order valence-corrected chi connectivity index (χ3v) is 3.01. The Balaban J connectivity index is 1.68. The number of H-pyrrole nitrogens is 1. The van der Waals surface area contributed by atoms with Gasteiger partial charge in [0.15, 0.2) is 11.3 Å². The minimum Gasteiger partial charge on any atom is -0.459 e. The van der Waals surface area contributed by atoms with Crippen molar-refractivity contribution >= 4 is 22.8 Å². The lowest BCUT2D eigenvalue weighted by Crippen LogP contribution is -2.31. The maximum Gasteiger partial charge on any atom is 0.320 e. The van der Waals surface area contributed by atoms with Gasteiger partial charge in [0, 0.05) is 6.54 Å². The minimum atomic E-state index is -0.474. The summed E-state index contributed by atoms with van der Waals surface area (Å²) < 4.78 is 7.11. The van der Waals surface area contributed by atoms with Crippen LogP contribution in [0, 0.1) is 0 Å². The highest BCUT2D eigenvalue weighted by Crippen LogP contribution is 2.14. The molecular weight excluding hydrogens is 284 g/mol. The summed E-state index contributed by atoms with van der Waals surface area (Å²) in [5, 5.41) is 3.06. The van der Waals surface area contributed by atoms with E-state index in [-0.39, 0.29) is 12.5 Å². The molecule has 0 aromatic carbocycles. The lowest BCUT2D eigenvalue weighted by Gasteiger charge is -2.19. The Labute approximate surface area is 126 Å². The third-order valence-electron chi connectivity index (χ3n) is 3.01. The predicted molar refractivity (Wildman–Crippen MR) is 80.2 cm³/mol. The first-order valence-corrected chi connectivity index (χ1v) is 7.00. The standard InChI is InChI=1S/C14H18N6O2/c1-14(2,3)22-10(21)6-15-4-9-5-16-13-11-12(18-7-17-11)19-8-20(9)13/h5,7-8,15H,4,6H2,1-3H3,(H,17,18). The van der Waals surface area contributed by atoms with Crippen LogP contribution >= 0.6 is 0 Å². The van der Waals surface area contributed by atoms with Crippen LogP contribution in [-0.2, 0) is 16.1 Å². The Hall–Kier alpha value is -2.48. The van der Waals surface area contributed by atoms with Gasteiger partial charge in [-0.15, -0.1) is 0 Å². The van der Waals surface area contributed by atoms with Gasteiger partial charge in [0.05, 0.1) is 24.8 Å². The van der Waals surface area contributed by atoms with Crippen LogP contribution in [0.1, 0.15) is 26.5 Å². The molecule has 0 fully saturated rings. The number of rotatable bonds is 4. The fourth-order valence-corrected chi connectivity index (χ4v) is 2.17. The molecule has 0 saturated carbocycles. The van der Waals surface area contributed by atoms with Gasteiger partial charge in [0.1, 0.15) is 17.4 Å². The van der Waals surface area contributed by atoms with Gasteiger partial charge < -0.3 is 15.0 Å². The first kappa shape index (κ1) is 14.5. The van der Waals surface area contributed by atoms with Gasteiger partial charge >= 0.3 is 5.97 Å². The van der Waals surface area contributed by atoms with E-state index in [1.807, 2.05) is 25.2 Å². The number of carbonyl (C=O) groups excluding carboxylic acids is 1. The highest BCUT2D eigenvalue weighted by molar-refractivity contribution is 5.84. The smallest absolute Gasteiger partial charge is 0.320 e. The number of fused-ring (bicyclic) bond motifs is 3. The summed E-state index contributed by atoms with van der Waals surface area (Å²) in [6, 6.07) is 0. The highest BCUT2D eigenvalue weighted by atomic mass is 16.6. The van der Waals surface area contributed by atoms with Gasteiger partial charge in [-0.2, -0.15) is 0 Å². The molecule has 0 atom stereocenters. The van der Waals surface area contributed by atoms with Crippen molar-refractivity contribution in [2.75, 3.05) is 6.54 Å². The van der Waals surface area contributed by atoms with Crippen LogP contribution in [0.25, 0.3) is 16.8 Å². The Morgan fingerprint density at radius 2 is 2.18 bits per heavy atom. The van der Waals surface area contributed by atoms with Gasteiger partial charge in [0.2, 0.25) is 0 Å². The number of hydrogen-bond donors (Lipinski definition) is 2. The highest BCUT2D eigenvalue weighted by Gasteiger charge is 2.16. The number of aromatic amines is 1. The Kier molecular flexibility index (Phi) is 3.53. The van der Waals surface area contributed by atoms with E-state index in [9.17, 15) is 4.79 Å². The van der Waals surface area contributed by atoms with Crippen molar-refractivity contribution in [1.82, 2.24) is 29.7 Å². The van der Waals surface area contributed by atoms with E-state index < -0.39 is 5.60 Å². The Morgan fingerprint density at radius 1 is 1.36 bits per heavy atom. The summed E-state index contributed by atoms with van der Waals surface area (Å²) in [5.41, 5.74) is 2.62. The van der Waals surface area contributed by atoms with Crippen molar-refractivity contribution in [1.29, 1.82) is 0 Å². The van der Waals surface area contributed by atoms with Crippen molar-refractivity contribution in [2.24, 2.45) is 0 Å². The molecule has 8 nitrogen and oxygen atoms in total. The normalized spacial score (nSPS) is 12.1. The number of carbonyl (C=O) groups is 1. The van der Waals surface area contributed by atoms with Crippen LogP contribution in [-0.4, -0.2) is 42.5 Å². The van der Waals surface area contributed by atoms with E-state index in [0.29, 0.717) is 12.2 Å². The van der Waals surface area contributed by atoms with Crippen LogP contribution in [0.3, 0.4) is 0 Å². The number of nitrogens with zero attached hydrogens (tertiary/aromatic N) is 4. The number of nitrogens with one attached hydrogen (secondary N) is 2. The second kappa shape index (κ2) is 5.38. The van der Waals surface area contributed by atoms with Crippen molar-refractivity contribution < 1.29 is 9.53 Å². The fraction of sp³-hybridized carbons (Fsp3) is 0.429. The van der Waals surface area contributed by atoms with Crippen LogP contribution in [0.5, 0.6) is 0 Å². The van der Waals surface area contributed by atoms with Crippen LogP contribution in [0.4, 0.5) is 0 Å². The SMILES string of the molecule is CC(C)(C)OC(=O)CNCc1cnc2c3[nH]cnc3ncn12. The molecule has 0 bridgehead atoms. The van der Waals surface area contributed by atoms with Crippen LogP contribution in [0.15, 0.2) is 18.9 Å². The molecule has 0 radical (unpaired) electrons. The summed E-state index contributed by atoms with van der Waals surface area (Å²) in [7, 11) is 0. The average Bonchev–Trinajstić information content (AvgIpc) is 3.01. The van der Waals surface area contributed by atoms with Gasteiger partial charge in [0.25, 0.3) is 0 Å². The number of aromatic nitrogens is 5. The zero-order valence-electron chi connectivity index (χ0n) is 12.8. The van der Waals surface area contributed by atoms with E-state index in [2.05, 4.69) is 25.3 Å². The molecule has 0 saturated heterocycles. The molecule has 2 N–H and O–H groups in total. The third kappa shape index (κ3) is 2.91. The molecule has 116 valence electrons. The molecule has 8 heteroatoms. The number of imidazole rings is 2. The van der Waals surface area contributed by atoms with E-state index in [1.54, 1.807) is 18.9 Å². The van der Waals surface area contributed by atoms with E-state index in [0.717, 1.165) is 16.9 Å². The second-order valence-electron chi connectivity index (χ2n) is 5.98. The van der Waals surface area contributed by atoms with Gasteiger partial charge in [-0.1, -0.05) is 0 Å². The number of ether oxygens (including phenoxy) is 1. The van der Waals surface area contributed by atoms with Crippen molar-refractivity contribution in [3.8, 4) is 0 Å². The van der Waals surface area contributed by atoms with Crippen molar-refractivity contribution in [3.63, 3.8) is 0 Å². The maximum absolute atomic E-state index is 11.7. The molecule has 0 spiro atoms. The molecule has 0 aliphatic carbocycles. The minimum absolute atomic E-state index is 0.143. The molecule has 0 unspecified atom stereocenters. The molecule has 0 aliphatic heterocycles. The summed E-state index contributed by atoms with van der Waals surface area (Å²) >= 11 is 0. The van der Waals surface area contributed by atoms with E-state index >= 15 is 0 Å². The Morgan fingerprint density at radius 3 is 2.95 bits per heavy atom. The quantitative estimate of drug-likeness (QED) is 0.699. The first-order chi connectivity index (χ1) is 10.4. The Bertz CT molecular complexity index is 814. The van der Waals surface area contributed by atoms with Gasteiger partial charge in [-0.05, 0) is 20.8 Å². The summed E-state index contributed by atoms with van der Waals surface area (Å²) in [5.74, 6) is -0.282. The topological polar surface area (TPSA) is 97.2 Å². The van der Waals surface area contributed by atoms with Crippen molar-refractivity contribution in [3.05, 3.63) is 24.5 Å². The van der Waals surface area contributed by atoms with E-state index in [4.69, 9.17) is 4.74 Å². The molecular formula is C14H18N6O2. The molecule has 0 amide bonds. The first-order valence-electron chi connectivity index (χ1n) is 7.00. The predicted octanol–water partition coefficient (Wildman–Crippen LogP) is 1.04. The number of esters is 1. The van der Waals surface area contributed by atoms with Gasteiger partial charge in [-0.3, -0.25) is 9.20 Å². The molecule has 3 rings (SSSR count). The molecule has 0 aliphatic rings. The fourth-order valence-electron chi connectivity index (χ4n) is 2.17. The van der Waals surface area contributed by atoms with Crippen LogP contribution < -0.4 is 5.32 Å². The zero-order valence-corrected chi connectivity index (χ0v) is 12.8. The second-order valence-corrected chi connectivity index (χ2v) is 5.98. The largest absolute Gasteiger partial charge is 0.459 e. The number of hydrogen-bond acceptors (Lipinski definition) is 6. The summed E-state index contributed by atoms with van der Waals surface area (Å²) in [6.07, 6.45) is 5.02. The summed E-state index contributed by atoms with van der Waals surface area (Å²) in [6.45, 7) is 6.16. The monoisotopic (exact) mass is 302 g/mol. The molecule has 22 heavy (non-hydrogen) atoms. The molecule has 3 aromatic heterocycles. The summed E-state index contributed by atoms with van der Waals surface area (Å²) in [4.78, 5) is 27.4. The average molecular weight is 302 g/mol. The molecule has 3 aromatic rings. The zero-order chi connectivity index (χ0) is 15.7. The van der Waals surface area contributed by atoms with Crippen molar-refractivity contribution in [2.45, 2.75) is 32.9 Å².